The quantitative estimate of drug-likeness (QED) is 0.464. The van der Waals surface area contributed by atoms with Crippen molar-refractivity contribution in [3.05, 3.63) is 12.2 Å². The molecule has 0 N–H and O–H groups in total. The van der Waals surface area contributed by atoms with Gasteiger partial charge in [0.15, 0.2) is 0 Å². The van der Waals surface area contributed by atoms with Crippen LogP contribution < -0.4 is 0 Å². The second-order valence-electron chi connectivity index (χ2n) is 5.42. The molecule has 11 heavy (non-hydrogen) atoms. The van der Waals surface area contributed by atoms with Gasteiger partial charge in [0, 0.05) is 5.41 Å². The molecule has 0 heterocycles. The first-order valence-corrected chi connectivity index (χ1v) is 4.72. The third kappa shape index (κ3) is 1.36. The van der Waals surface area contributed by atoms with Crippen LogP contribution in [0.3, 0.4) is 0 Å². The highest BCUT2D eigenvalue weighted by Crippen LogP contribution is 2.56. The summed E-state index contributed by atoms with van der Waals surface area (Å²) in [5.41, 5.74) is 1.17. The van der Waals surface area contributed by atoms with Crippen LogP contribution in [0.15, 0.2) is 12.2 Å². The first-order chi connectivity index (χ1) is 5.02. The molecule has 1 spiro atoms. The van der Waals surface area contributed by atoms with Gasteiger partial charge >= 0.3 is 0 Å². The normalized spacial score (nSPS) is 37.5. The summed E-state index contributed by atoms with van der Waals surface area (Å²) in [7, 11) is 0. The van der Waals surface area contributed by atoms with Gasteiger partial charge in [0.25, 0.3) is 0 Å². The van der Waals surface area contributed by atoms with E-state index in [9.17, 15) is 0 Å². The van der Waals surface area contributed by atoms with E-state index in [1.54, 1.807) is 0 Å². The lowest BCUT2D eigenvalue weighted by Crippen LogP contribution is -2.29. The number of rotatable bonds is 0. The molecule has 0 heteroatoms. The van der Waals surface area contributed by atoms with Crippen molar-refractivity contribution >= 4 is 0 Å². The Balaban J connectivity index is 2.09. The maximum absolute atomic E-state index is 2.41. The Morgan fingerprint density at radius 2 is 1.82 bits per heavy atom. The van der Waals surface area contributed by atoms with E-state index in [0.29, 0.717) is 10.8 Å². The molecule has 1 fully saturated rings. The fourth-order valence-electron chi connectivity index (χ4n) is 3.07. The van der Waals surface area contributed by atoms with Gasteiger partial charge in [-0.3, -0.25) is 0 Å². The fourth-order valence-corrected chi connectivity index (χ4v) is 3.07. The lowest BCUT2D eigenvalue weighted by molar-refractivity contribution is 0.134. The fraction of sp³-hybridized carbons (Fsp3) is 0.818. The molecule has 0 saturated heterocycles. The summed E-state index contributed by atoms with van der Waals surface area (Å²) in [6, 6.07) is 0. The van der Waals surface area contributed by atoms with Crippen LogP contribution in [0.5, 0.6) is 0 Å². The van der Waals surface area contributed by atoms with E-state index in [4.69, 9.17) is 0 Å². The molecule has 0 radical (unpaired) electrons. The van der Waals surface area contributed by atoms with Crippen molar-refractivity contribution < 1.29 is 0 Å². The van der Waals surface area contributed by atoms with Gasteiger partial charge in [-0.2, -0.15) is 0 Å². The van der Waals surface area contributed by atoms with Crippen molar-refractivity contribution in [1.29, 1.82) is 0 Å². The topological polar surface area (TPSA) is 0 Å². The van der Waals surface area contributed by atoms with E-state index < -0.39 is 0 Å². The summed E-state index contributed by atoms with van der Waals surface area (Å²) < 4.78 is 0. The zero-order valence-corrected chi connectivity index (χ0v) is 7.85. The third-order valence-electron chi connectivity index (χ3n) is 3.08. The Morgan fingerprint density at radius 1 is 1.18 bits per heavy atom. The molecule has 0 aromatic heterocycles. The van der Waals surface area contributed by atoms with Gasteiger partial charge in [0.05, 0.1) is 0 Å². The van der Waals surface area contributed by atoms with E-state index >= 15 is 0 Å². The third-order valence-corrected chi connectivity index (χ3v) is 3.08. The number of hydrogen-bond donors (Lipinski definition) is 0. The molecule has 2 aliphatic rings. The Kier molecular flexibility index (Phi) is 1.28. The minimum Gasteiger partial charge on any atom is -0.0776 e. The summed E-state index contributed by atoms with van der Waals surface area (Å²) in [5.74, 6) is 0.925. The summed E-state index contributed by atoms with van der Waals surface area (Å²) in [6.07, 6.45) is 9.03. The van der Waals surface area contributed by atoms with E-state index in [-0.39, 0.29) is 0 Å². The number of allylic oxidation sites excluding steroid dienone is 2. The Bertz CT molecular complexity index is 186. The highest BCUT2D eigenvalue weighted by molar-refractivity contribution is 5.28. The van der Waals surface area contributed by atoms with Crippen LogP contribution in [0.2, 0.25) is 0 Å². The lowest BCUT2D eigenvalue weighted by Gasteiger charge is -2.39. The molecule has 0 aromatic carbocycles. The van der Waals surface area contributed by atoms with E-state index in [1.807, 2.05) is 0 Å². The second-order valence-corrected chi connectivity index (χ2v) is 5.42. The Morgan fingerprint density at radius 3 is 2.27 bits per heavy atom. The lowest BCUT2D eigenvalue weighted by atomic mass is 9.65. The first kappa shape index (κ1) is 7.39. The molecule has 0 amide bonds. The first-order valence-electron chi connectivity index (χ1n) is 4.72. The van der Waals surface area contributed by atoms with Gasteiger partial charge in [0.1, 0.15) is 0 Å². The maximum atomic E-state index is 2.41. The molecule has 62 valence electrons. The highest BCUT2D eigenvalue weighted by Gasteiger charge is 2.44. The smallest absolute Gasteiger partial charge is 0.00691 e. The molecule has 2 rings (SSSR count). The van der Waals surface area contributed by atoms with Crippen molar-refractivity contribution in [3.8, 4) is 0 Å². The van der Waals surface area contributed by atoms with Gasteiger partial charge in [-0.05, 0) is 30.6 Å². The predicted octanol–water partition coefficient (Wildman–Crippen LogP) is 3.39. The van der Waals surface area contributed by atoms with Crippen molar-refractivity contribution in [2.24, 2.45) is 16.7 Å². The van der Waals surface area contributed by atoms with E-state index in [2.05, 4.69) is 32.9 Å². The molecule has 1 saturated carbocycles. The SMILES string of the molecule is CC1CC(C)(C)CC2(C=C2)C1. The van der Waals surface area contributed by atoms with Crippen molar-refractivity contribution in [3.63, 3.8) is 0 Å². The standard InChI is InChI=1S/C11H18/c1-9-6-10(2,3)8-11(7-9)4-5-11/h4-5,9H,6-8H2,1-3H3. The molecule has 1 unspecified atom stereocenters. The van der Waals surface area contributed by atoms with Gasteiger partial charge in [-0.1, -0.05) is 32.9 Å². The minimum atomic E-state index is 0.584. The average Bonchev–Trinajstić information content (AvgIpc) is 2.41. The number of hydrogen-bond acceptors (Lipinski definition) is 0. The van der Waals surface area contributed by atoms with Crippen molar-refractivity contribution in [2.75, 3.05) is 0 Å². The maximum Gasteiger partial charge on any atom is 0.00691 e. The van der Waals surface area contributed by atoms with Gasteiger partial charge in [0.2, 0.25) is 0 Å². The van der Waals surface area contributed by atoms with Crippen LogP contribution in [0.1, 0.15) is 40.0 Å². The van der Waals surface area contributed by atoms with Crippen LogP contribution in [0.4, 0.5) is 0 Å². The monoisotopic (exact) mass is 150 g/mol. The molecule has 0 bridgehead atoms. The van der Waals surface area contributed by atoms with E-state index in [1.165, 1.54) is 19.3 Å². The largest absolute Gasteiger partial charge is 0.0776 e. The molecule has 0 nitrogen and oxygen atoms in total. The van der Waals surface area contributed by atoms with Gasteiger partial charge in [-0.15, -0.1) is 0 Å². The molecule has 2 aliphatic carbocycles. The Hall–Kier alpha value is -0.260. The zero-order valence-electron chi connectivity index (χ0n) is 7.85. The second kappa shape index (κ2) is 1.91. The van der Waals surface area contributed by atoms with Crippen LogP contribution in [-0.2, 0) is 0 Å². The summed E-state index contributed by atoms with van der Waals surface area (Å²) >= 11 is 0. The summed E-state index contributed by atoms with van der Waals surface area (Å²) in [4.78, 5) is 0. The molecule has 0 aliphatic heterocycles. The predicted molar refractivity (Wildman–Crippen MR) is 48.4 cm³/mol. The van der Waals surface area contributed by atoms with Crippen LogP contribution in [0.25, 0.3) is 0 Å². The van der Waals surface area contributed by atoms with Gasteiger partial charge in [-0.25, -0.2) is 0 Å². The molecular weight excluding hydrogens is 132 g/mol. The average molecular weight is 150 g/mol. The summed E-state index contributed by atoms with van der Waals surface area (Å²) in [6.45, 7) is 7.21. The van der Waals surface area contributed by atoms with Crippen LogP contribution in [-0.4, -0.2) is 0 Å². The minimum absolute atomic E-state index is 0.584. The van der Waals surface area contributed by atoms with Crippen LogP contribution >= 0.6 is 0 Å². The van der Waals surface area contributed by atoms with Crippen molar-refractivity contribution in [2.45, 2.75) is 40.0 Å². The summed E-state index contributed by atoms with van der Waals surface area (Å²) in [5, 5.41) is 0. The zero-order chi connectivity index (χ0) is 8.11. The van der Waals surface area contributed by atoms with E-state index in [0.717, 1.165) is 5.92 Å². The molecular formula is C11H18. The molecule has 1 atom stereocenters. The van der Waals surface area contributed by atoms with Crippen molar-refractivity contribution in [1.82, 2.24) is 0 Å². The molecule has 0 aromatic rings. The van der Waals surface area contributed by atoms with Crippen LogP contribution in [0, 0.1) is 16.7 Å². The Labute approximate surface area is 69.7 Å². The van der Waals surface area contributed by atoms with Gasteiger partial charge < -0.3 is 0 Å². The highest BCUT2D eigenvalue weighted by atomic mass is 14.5.